The molecular formula is C11H21N3O2S. The largest absolute Gasteiger partial charge is 0.346 e. The SMILES string of the molecule is CCN(CC)C(=O)CNC(=O)C1CSCCN1. The van der Waals surface area contributed by atoms with Gasteiger partial charge in [0.1, 0.15) is 0 Å². The molecule has 1 heterocycles. The van der Waals surface area contributed by atoms with E-state index in [1.165, 1.54) is 0 Å². The Labute approximate surface area is 107 Å². The zero-order valence-electron chi connectivity index (χ0n) is 10.5. The van der Waals surface area contributed by atoms with Crippen LogP contribution in [0.15, 0.2) is 0 Å². The van der Waals surface area contributed by atoms with Crippen molar-refractivity contribution in [3.63, 3.8) is 0 Å². The molecule has 0 aromatic rings. The monoisotopic (exact) mass is 259 g/mol. The van der Waals surface area contributed by atoms with Crippen molar-refractivity contribution in [3.05, 3.63) is 0 Å². The van der Waals surface area contributed by atoms with Crippen molar-refractivity contribution in [2.45, 2.75) is 19.9 Å². The number of likely N-dealkylation sites (N-methyl/N-ethyl adjacent to an activating group) is 1. The Morgan fingerprint density at radius 2 is 2.12 bits per heavy atom. The van der Waals surface area contributed by atoms with E-state index in [1.807, 2.05) is 13.8 Å². The van der Waals surface area contributed by atoms with Gasteiger partial charge in [0, 0.05) is 31.1 Å². The van der Waals surface area contributed by atoms with Crippen LogP contribution in [-0.4, -0.2) is 60.4 Å². The maximum Gasteiger partial charge on any atom is 0.241 e. The molecule has 1 rings (SSSR count). The van der Waals surface area contributed by atoms with Gasteiger partial charge in [-0.15, -0.1) is 0 Å². The van der Waals surface area contributed by atoms with E-state index in [-0.39, 0.29) is 24.4 Å². The maximum absolute atomic E-state index is 11.7. The molecule has 1 aliphatic rings. The van der Waals surface area contributed by atoms with Crippen LogP contribution in [0.25, 0.3) is 0 Å². The molecule has 0 aliphatic carbocycles. The Morgan fingerprint density at radius 1 is 1.41 bits per heavy atom. The zero-order chi connectivity index (χ0) is 12.7. The van der Waals surface area contributed by atoms with Gasteiger partial charge in [-0.05, 0) is 13.8 Å². The molecule has 1 fully saturated rings. The Hall–Kier alpha value is -0.750. The molecule has 98 valence electrons. The minimum atomic E-state index is -0.154. The van der Waals surface area contributed by atoms with Crippen LogP contribution >= 0.6 is 11.8 Å². The summed E-state index contributed by atoms with van der Waals surface area (Å²) in [5.74, 6) is 1.73. The first-order valence-corrected chi connectivity index (χ1v) is 7.21. The van der Waals surface area contributed by atoms with E-state index >= 15 is 0 Å². The highest BCUT2D eigenvalue weighted by atomic mass is 32.2. The summed E-state index contributed by atoms with van der Waals surface area (Å²) in [6.07, 6.45) is 0. The molecule has 1 saturated heterocycles. The molecule has 1 unspecified atom stereocenters. The van der Waals surface area contributed by atoms with Crippen LogP contribution in [0.5, 0.6) is 0 Å². The number of hydrogen-bond acceptors (Lipinski definition) is 4. The average Bonchev–Trinajstić information content (AvgIpc) is 2.38. The Kier molecular flexibility index (Phi) is 6.36. The fourth-order valence-corrected chi connectivity index (χ4v) is 2.64. The van der Waals surface area contributed by atoms with Crippen molar-refractivity contribution >= 4 is 23.6 Å². The molecule has 0 radical (unpaired) electrons. The van der Waals surface area contributed by atoms with Crippen LogP contribution in [0.4, 0.5) is 0 Å². The van der Waals surface area contributed by atoms with Crippen LogP contribution in [0, 0.1) is 0 Å². The number of hydrogen-bond donors (Lipinski definition) is 2. The van der Waals surface area contributed by atoms with E-state index in [2.05, 4.69) is 10.6 Å². The molecule has 0 saturated carbocycles. The maximum atomic E-state index is 11.7. The number of carbonyl (C=O) groups is 2. The van der Waals surface area contributed by atoms with Gasteiger partial charge in [0.15, 0.2) is 0 Å². The molecule has 2 amide bonds. The topological polar surface area (TPSA) is 61.4 Å². The van der Waals surface area contributed by atoms with Gasteiger partial charge >= 0.3 is 0 Å². The van der Waals surface area contributed by atoms with Gasteiger partial charge in [0.05, 0.1) is 12.6 Å². The summed E-state index contributed by atoms with van der Waals surface area (Å²) >= 11 is 1.76. The zero-order valence-corrected chi connectivity index (χ0v) is 11.3. The second kappa shape index (κ2) is 7.55. The van der Waals surface area contributed by atoms with Crippen molar-refractivity contribution in [2.75, 3.05) is 37.7 Å². The summed E-state index contributed by atoms with van der Waals surface area (Å²) in [5.41, 5.74) is 0. The molecular weight excluding hydrogens is 238 g/mol. The highest BCUT2D eigenvalue weighted by molar-refractivity contribution is 7.99. The van der Waals surface area contributed by atoms with Gasteiger partial charge in [0.25, 0.3) is 0 Å². The van der Waals surface area contributed by atoms with E-state index < -0.39 is 0 Å². The first kappa shape index (κ1) is 14.3. The predicted molar refractivity (Wildman–Crippen MR) is 70.1 cm³/mol. The number of nitrogens with zero attached hydrogens (tertiary/aromatic N) is 1. The van der Waals surface area contributed by atoms with E-state index in [0.29, 0.717) is 13.1 Å². The van der Waals surface area contributed by atoms with Crippen molar-refractivity contribution in [1.29, 1.82) is 0 Å². The molecule has 5 nitrogen and oxygen atoms in total. The van der Waals surface area contributed by atoms with Crippen LogP contribution in [0.1, 0.15) is 13.8 Å². The third kappa shape index (κ3) is 4.55. The molecule has 2 N–H and O–H groups in total. The first-order chi connectivity index (χ1) is 8.19. The van der Waals surface area contributed by atoms with Crippen LogP contribution in [-0.2, 0) is 9.59 Å². The summed E-state index contributed by atoms with van der Waals surface area (Å²) in [5, 5.41) is 5.84. The van der Waals surface area contributed by atoms with E-state index in [0.717, 1.165) is 18.1 Å². The average molecular weight is 259 g/mol. The molecule has 17 heavy (non-hydrogen) atoms. The van der Waals surface area contributed by atoms with Crippen LogP contribution < -0.4 is 10.6 Å². The number of amides is 2. The summed E-state index contributed by atoms with van der Waals surface area (Å²) in [6.45, 7) is 6.19. The minimum Gasteiger partial charge on any atom is -0.346 e. The fraction of sp³-hybridized carbons (Fsp3) is 0.818. The molecule has 6 heteroatoms. The third-order valence-electron chi connectivity index (χ3n) is 2.77. The highest BCUT2D eigenvalue weighted by Crippen LogP contribution is 2.07. The highest BCUT2D eigenvalue weighted by Gasteiger charge is 2.21. The van der Waals surface area contributed by atoms with Gasteiger partial charge < -0.3 is 15.5 Å². The lowest BCUT2D eigenvalue weighted by atomic mass is 10.3. The lowest BCUT2D eigenvalue weighted by molar-refractivity contribution is -0.132. The summed E-state index contributed by atoms with van der Waals surface area (Å²) in [4.78, 5) is 25.1. The molecule has 0 spiro atoms. The minimum absolute atomic E-state index is 0.0215. The summed E-state index contributed by atoms with van der Waals surface area (Å²) in [6, 6.07) is -0.154. The molecule has 1 atom stereocenters. The van der Waals surface area contributed by atoms with Gasteiger partial charge in [-0.25, -0.2) is 0 Å². The Bertz CT molecular complexity index is 263. The number of rotatable bonds is 5. The molecule has 0 aromatic carbocycles. The van der Waals surface area contributed by atoms with Gasteiger partial charge in [0.2, 0.25) is 11.8 Å². The Balaban J connectivity index is 2.29. The molecule has 1 aliphatic heterocycles. The summed E-state index contributed by atoms with van der Waals surface area (Å²) < 4.78 is 0. The van der Waals surface area contributed by atoms with Crippen LogP contribution in [0.2, 0.25) is 0 Å². The quantitative estimate of drug-likeness (QED) is 0.710. The van der Waals surface area contributed by atoms with Gasteiger partial charge in [-0.2, -0.15) is 11.8 Å². The van der Waals surface area contributed by atoms with Crippen molar-refractivity contribution in [1.82, 2.24) is 15.5 Å². The van der Waals surface area contributed by atoms with Crippen LogP contribution in [0.3, 0.4) is 0 Å². The van der Waals surface area contributed by atoms with E-state index in [9.17, 15) is 9.59 Å². The third-order valence-corrected chi connectivity index (χ3v) is 3.83. The lowest BCUT2D eigenvalue weighted by Crippen LogP contribution is -2.51. The second-order valence-electron chi connectivity index (χ2n) is 3.87. The standard InChI is InChI=1S/C11H21N3O2S/c1-3-14(4-2)10(15)7-13-11(16)9-8-17-6-5-12-9/h9,12H,3-8H2,1-2H3,(H,13,16). The number of nitrogens with one attached hydrogen (secondary N) is 2. The van der Waals surface area contributed by atoms with Crippen molar-refractivity contribution < 1.29 is 9.59 Å². The smallest absolute Gasteiger partial charge is 0.241 e. The first-order valence-electron chi connectivity index (χ1n) is 6.05. The van der Waals surface area contributed by atoms with Gasteiger partial charge in [-0.1, -0.05) is 0 Å². The second-order valence-corrected chi connectivity index (χ2v) is 5.02. The van der Waals surface area contributed by atoms with Crippen molar-refractivity contribution in [2.24, 2.45) is 0 Å². The van der Waals surface area contributed by atoms with Gasteiger partial charge in [-0.3, -0.25) is 9.59 Å². The van der Waals surface area contributed by atoms with E-state index in [4.69, 9.17) is 0 Å². The Morgan fingerprint density at radius 3 is 2.65 bits per heavy atom. The number of carbonyl (C=O) groups excluding carboxylic acids is 2. The molecule has 0 aromatic heterocycles. The summed E-state index contributed by atoms with van der Waals surface area (Å²) in [7, 11) is 0. The molecule has 0 bridgehead atoms. The fourth-order valence-electron chi connectivity index (χ4n) is 1.71. The lowest BCUT2D eigenvalue weighted by Gasteiger charge is -2.23. The van der Waals surface area contributed by atoms with Crippen molar-refractivity contribution in [3.8, 4) is 0 Å². The predicted octanol–water partition coefficient (Wildman–Crippen LogP) is -0.324. The number of thioether (sulfide) groups is 1. The van der Waals surface area contributed by atoms with E-state index in [1.54, 1.807) is 16.7 Å². The normalized spacial score (nSPS) is 19.8.